The summed E-state index contributed by atoms with van der Waals surface area (Å²) < 4.78 is 5.39. The number of anilines is 2. The van der Waals surface area contributed by atoms with Crippen molar-refractivity contribution < 1.29 is 14.3 Å². The van der Waals surface area contributed by atoms with Crippen LogP contribution < -0.4 is 20.3 Å². The molecule has 1 aliphatic carbocycles. The van der Waals surface area contributed by atoms with E-state index in [0.717, 1.165) is 31.0 Å². The van der Waals surface area contributed by atoms with Gasteiger partial charge in [-0.05, 0) is 56.3 Å². The van der Waals surface area contributed by atoms with Crippen molar-refractivity contribution in [3.05, 3.63) is 18.2 Å². The first-order valence-electron chi connectivity index (χ1n) is 8.66. The number of carbonyl (C=O) groups is 2. The minimum atomic E-state index is -0.0725. The number of nitrogens with zero attached hydrogens (tertiary/aromatic N) is 1. The highest BCUT2D eigenvalue weighted by atomic mass is 16.5. The van der Waals surface area contributed by atoms with Crippen molar-refractivity contribution in [3.63, 3.8) is 0 Å². The van der Waals surface area contributed by atoms with Crippen molar-refractivity contribution in [3.8, 4) is 5.75 Å². The second-order valence-corrected chi connectivity index (χ2v) is 6.51. The predicted molar refractivity (Wildman–Crippen MR) is 93.4 cm³/mol. The number of hydrogen-bond acceptors (Lipinski definition) is 4. The normalized spacial score (nSPS) is 17.7. The van der Waals surface area contributed by atoms with Crippen LogP contribution >= 0.6 is 0 Å². The second kappa shape index (κ2) is 7.66. The minimum Gasteiger partial charge on any atom is -0.495 e. The maximum absolute atomic E-state index is 12.2. The number of piperidine rings is 1. The molecule has 0 spiro atoms. The van der Waals surface area contributed by atoms with E-state index in [-0.39, 0.29) is 11.8 Å². The molecule has 1 saturated carbocycles. The Bertz CT molecular complexity index is 614. The summed E-state index contributed by atoms with van der Waals surface area (Å²) in [5.74, 6) is 1.43. The number of benzene rings is 1. The highest BCUT2D eigenvalue weighted by Crippen LogP contribution is 2.33. The molecular formula is C18H25N3O3. The summed E-state index contributed by atoms with van der Waals surface area (Å²) in [4.78, 5) is 26.0. The molecule has 1 aromatic carbocycles. The molecule has 2 N–H and O–H groups in total. The number of hydrogen-bond donors (Lipinski definition) is 2. The topological polar surface area (TPSA) is 70.7 Å². The Labute approximate surface area is 142 Å². The van der Waals surface area contributed by atoms with E-state index in [9.17, 15) is 9.59 Å². The monoisotopic (exact) mass is 331 g/mol. The Hall–Kier alpha value is -2.08. The van der Waals surface area contributed by atoms with Gasteiger partial charge in [0, 0.05) is 18.7 Å². The smallest absolute Gasteiger partial charge is 0.238 e. The van der Waals surface area contributed by atoms with E-state index < -0.39 is 0 Å². The Kier molecular flexibility index (Phi) is 5.35. The number of nitrogens with one attached hydrogen (secondary N) is 2. The third kappa shape index (κ3) is 4.26. The van der Waals surface area contributed by atoms with E-state index >= 15 is 0 Å². The average Bonchev–Trinajstić information content (AvgIpc) is 3.39. The fourth-order valence-corrected chi connectivity index (χ4v) is 2.96. The summed E-state index contributed by atoms with van der Waals surface area (Å²) in [5, 5.41) is 6.06. The van der Waals surface area contributed by atoms with Crippen molar-refractivity contribution in [1.29, 1.82) is 0 Å². The van der Waals surface area contributed by atoms with Crippen LogP contribution in [0.4, 0.5) is 11.4 Å². The zero-order chi connectivity index (χ0) is 16.9. The van der Waals surface area contributed by atoms with E-state index in [1.54, 1.807) is 24.1 Å². The van der Waals surface area contributed by atoms with Crippen molar-refractivity contribution in [2.75, 3.05) is 37.0 Å². The first kappa shape index (κ1) is 16.8. The van der Waals surface area contributed by atoms with Gasteiger partial charge >= 0.3 is 0 Å². The summed E-state index contributed by atoms with van der Waals surface area (Å²) >= 11 is 0. The number of ether oxygens (including phenoxy) is 1. The number of carbonyl (C=O) groups excluding carboxylic acids is 2. The van der Waals surface area contributed by atoms with Gasteiger partial charge in [0.25, 0.3) is 0 Å². The van der Waals surface area contributed by atoms with Gasteiger partial charge < -0.3 is 20.3 Å². The summed E-state index contributed by atoms with van der Waals surface area (Å²) in [6, 6.07) is 5.42. The Morgan fingerprint density at radius 1 is 1.33 bits per heavy atom. The summed E-state index contributed by atoms with van der Waals surface area (Å²) in [6.45, 7) is 1.90. The molecule has 130 valence electrons. The Morgan fingerprint density at radius 2 is 2.17 bits per heavy atom. The summed E-state index contributed by atoms with van der Waals surface area (Å²) in [5.41, 5.74) is 1.41. The van der Waals surface area contributed by atoms with Crippen LogP contribution in [0.5, 0.6) is 5.75 Å². The fraction of sp³-hybridized carbons (Fsp3) is 0.556. The molecule has 2 fully saturated rings. The van der Waals surface area contributed by atoms with E-state index in [1.165, 1.54) is 12.8 Å². The molecule has 3 rings (SSSR count). The van der Waals surface area contributed by atoms with Gasteiger partial charge in [-0.1, -0.05) is 0 Å². The average molecular weight is 331 g/mol. The molecule has 6 nitrogen and oxygen atoms in total. The van der Waals surface area contributed by atoms with E-state index in [4.69, 9.17) is 4.74 Å². The van der Waals surface area contributed by atoms with Crippen molar-refractivity contribution >= 4 is 23.2 Å². The van der Waals surface area contributed by atoms with Gasteiger partial charge in [0.2, 0.25) is 11.8 Å². The molecule has 1 saturated heterocycles. The minimum absolute atomic E-state index is 0.0725. The first-order chi connectivity index (χ1) is 11.7. The molecule has 2 aliphatic rings. The lowest BCUT2D eigenvalue weighted by atomic mass is 10.1. The van der Waals surface area contributed by atoms with Crippen LogP contribution in [-0.4, -0.2) is 38.6 Å². The molecule has 1 aromatic rings. The highest BCUT2D eigenvalue weighted by Gasteiger charge is 2.23. The van der Waals surface area contributed by atoms with Crippen LogP contribution in [0.3, 0.4) is 0 Å². The number of rotatable bonds is 7. The summed E-state index contributed by atoms with van der Waals surface area (Å²) in [6.07, 6.45) is 5.00. The lowest BCUT2D eigenvalue weighted by molar-refractivity contribution is -0.119. The SMILES string of the molecule is COc1ccc(NC(=O)CNCC2CC2)cc1N1CCCCC1=O. The molecule has 2 amide bonds. The molecule has 0 atom stereocenters. The molecule has 6 heteroatoms. The first-order valence-corrected chi connectivity index (χ1v) is 8.66. The molecule has 1 heterocycles. The van der Waals surface area contributed by atoms with Gasteiger partial charge in [-0.15, -0.1) is 0 Å². The second-order valence-electron chi connectivity index (χ2n) is 6.51. The summed E-state index contributed by atoms with van der Waals surface area (Å²) in [7, 11) is 1.59. The van der Waals surface area contributed by atoms with Gasteiger partial charge in [-0.3, -0.25) is 9.59 Å². The maximum atomic E-state index is 12.2. The fourth-order valence-electron chi connectivity index (χ4n) is 2.96. The molecular weight excluding hydrogens is 306 g/mol. The van der Waals surface area contributed by atoms with Crippen LogP contribution in [0.15, 0.2) is 18.2 Å². The Balaban J connectivity index is 1.65. The lowest BCUT2D eigenvalue weighted by Gasteiger charge is -2.28. The van der Waals surface area contributed by atoms with Crippen LogP contribution in [0.1, 0.15) is 32.1 Å². The van der Waals surface area contributed by atoms with Crippen molar-refractivity contribution in [1.82, 2.24) is 5.32 Å². The van der Waals surface area contributed by atoms with E-state index in [1.807, 2.05) is 6.07 Å². The van der Waals surface area contributed by atoms with E-state index in [0.29, 0.717) is 30.9 Å². The van der Waals surface area contributed by atoms with Crippen molar-refractivity contribution in [2.45, 2.75) is 32.1 Å². The maximum Gasteiger partial charge on any atom is 0.238 e. The van der Waals surface area contributed by atoms with Crippen LogP contribution in [0, 0.1) is 5.92 Å². The van der Waals surface area contributed by atoms with Gasteiger partial charge in [0.05, 0.1) is 19.3 Å². The predicted octanol–water partition coefficient (Wildman–Crippen LogP) is 2.15. The van der Waals surface area contributed by atoms with Gasteiger partial charge in [-0.25, -0.2) is 0 Å². The largest absolute Gasteiger partial charge is 0.495 e. The molecule has 0 unspecified atom stereocenters. The molecule has 0 bridgehead atoms. The molecule has 0 aromatic heterocycles. The van der Waals surface area contributed by atoms with Crippen LogP contribution in [0.2, 0.25) is 0 Å². The zero-order valence-corrected chi connectivity index (χ0v) is 14.1. The lowest BCUT2D eigenvalue weighted by Crippen LogP contribution is -2.35. The Morgan fingerprint density at radius 3 is 2.88 bits per heavy atom. The van der Waals surface area contributed by atoms with Gasteiger partial charge in [0.1, 0.15) is 5.75 Å². The van der Waals surface area contributed by atoms with Gasteiger partial charge in [-0.2, -0.15) is 0 Å². The van der Waals surface area contributed by atoms with Crippen molar-refractivity contribution in [2.24, 2.45) is 5.92 Å². The molecule has 0 radical (unpaired) electrons. The third-order valence-corrected chi connectivity index (χ3v) is 4.49. The standard InChI is InChI=1S/C18H25N3O3/c1-24-16-8-7-14(20-17(22)12-19-11-13-5-6-13)10-15(16)21-9-3-2-4-18(21)23/h7-8,10,13,19H,2-6,9,11-12H2,1H3,(H,20,22). The number of methoxy groups -OCH3 is 1. The highest BCUT2D eigenvalue weighted by molar-refractivity contribution is 5.98. The van der Waals surface area contributed by atoms with Gasteiger partial charge in [0.15, 0.2) is 0 Å². The quantitative estimate of drug-likeness (QED) is 0.803. The van der Waals surface area contributed by atoms with Crippen LogP contribution in [0.25, 0.3) is 0 Å². The number of amides is 2. The zero-order valence-electron chi connectivity index (χ0n) is 14.1. The molecule has 1 aliphatic heterocycles. The van der Waals surface area contributed by atoms with E-state index in [2.05, 4.69) is 10.6 Å². The third-order valence-electron chi connectivity index (χ3n) is 4.49. The van der Waals surface area contributed by atoms with Crippen LogP contribution in [-0.2, 0) is 9.59 Å². The molecule has 24 heavy (non-hydrogen) atoms.